The van der Waals surface area contributed by atoms with Gasteiger partial charge < -0.3 is 9.84 Å². The van der Waals surface area contributed by atoms with E-state index in [1.165, 1.54) is 0 Å². The molecule has 1 aromatic rings. The lowest BCUT2D eigenvalue weighted by Crippen LogP contribution is -2.36. The second kappa shape index (κ2) is 11.6. The van der Waals surface area contributed by atoms with E-state index >= 15 is 0 Å². The van der Waals surface area contributed by atoms with E-state index in [4.69, 9.17) is 4.74 Å². The van der Waals surface area contributed by atoms with Crippen LogP contribution in [0, 0.1) is 11.3 Å². The first-order valence-electron chi connectivity index (χ1n) is 12.8. The highest BCUT2D eigenvalue weighted by molar-refractivity contribution is 7.98. The number of likely N-dealkylation sites (N-methyl/N-ethyl adjacent to an activating group) is 1. The smallest absolute Gasteiger partial charge is 0.306 e. The predicted octanol–water partition coefficient (Wildman–Crippen LogP) is 4.48. The number of carbonyl (C=O) groups is 2. The fourth-order valence-corrected chi connectivity index (χ4v) is 5.85. The SMILES string of the molecule is CSc1cc(/C=C(\C)C2CC3C(CCCCC(O)[C@@H](C)C(=O)C(C)(C)CCC(=O)O2)N3C)nn1C. The van der Waals surface area contributed by atoms with Crippen LogP contribution in [-0.4, -0.2) is 69.1 Å². The van der Waals surface area contributed by atoms with Gasteiger partial charge in [0.05, 0.1) is 16.8 Å². The maximum atomic E-state index is 13.1. The highest BCUT2D eigenvalue weighted by Crippen LogP contribution is 2.37. The van der Waals surface area contributed by atoms with Crippen molar-refractivity contribution in [2.24, 2.45) is 18.4 Å². The van der Waals surface area contributed by atoms with E-state index in [9.17, 15) is 14.7 Å². The molecule has 7 nitrogen and oxygen atoms in total. The molecule has 196 valence electrons. The molecule has 8 heteroatoms. The number of Topliss-reactive ketones (excluding diaryl/α,β-unsaturated/α-hetero) is 1. The molecule has 0 spiro atoms. The van der Waals surface area contributed by atoms with Gasteiger partial charge in [0.1, 0.15) is 11.9 Å². The Morgan fingerprint density at radius 1 is 1.23 bits per heavy atom. The number of aliphatic hydroxyl groups excluding tert-OH is 1. The van der Waals surface area contributed by atoms with Crippen molar-refractivity contribution in [3.8, 4) is 0 Å². The second-order valence-corrected chi connectivity index (χ2v) is 11.9. The number of carbonyl (C=O) groups excluding carboxylic acids is 2. The molecule has 0 aliphatic carbocycles. The fraction of sp³-hybridized carbons (Fsp3) is 0.741. The molecule has 0 radical (unpaired) electrons. The van der Waals surface area contributed by atoms with Crippen LogP contribution in [0.25, 0.3) is 6.08 Å². The van der Waals surface area contributed by atoms with Gasteiger partial charge in [-0.3, -0.25) is 19.2 Å². The minimum atomic E-state index is -0.694. The molecule has 35 heavy (non-hydrogen) atoms. The van der Waals surface area contributed by atoms with Crippen molar-refractivity contribution in [3.63, 3.8) is 0 Å². The number of thioether (sulfide) groups is 1. The fourth-order valence-electron chi connectivity index (χ4n) is 5.30. The molecule has 5 unspecified atom stereocenters. The topological polar surface area (TPSA) is 84.4 Å². The van der Waals surface area contributed by atoms with Crippen molar-refractivity contribution in [1.29, 1.82) is 0 Å². The summed E-state index contributed by atoms with van der Waals surface area (Å²) in [5.74, 6) is -0.707. The van der Waals surface area contributed by atoms with Crippen LogP contribution in [0.3, 0.4) is 0 Å². The molecule has 2 saturated heterocycles. The summed E-state index contributed by atoms with van der Waals surface area (Å²) < 4.78 is 7.89. The zero-order valence-electron chi connectivity index (χ0n) is 22.4. The van der Waals surface area contributed by atoms with E-state index in [0.29, 0.717) is 24.9 Å². The summed E-state index contributed by atoms with van der Waals surface area (Å²) in [6.45, 7) is 7.56. The Balaban J connectivity index is 1.80. The van der Waals surface area contributed by atoms with Crippen LogP contribution >= 0.6 is 11.8 Å². The van der Waals surface area contributed by atoms with Gasteiger partial charge in [-0.25, -0.2) is 0 Å². The van der Waals surface area contributed by atoms with Crippen molar-refractivity contribution in [2.45, 2.75) is 102 Å². The summed E-state index contributed by atoms with van der Waals surface area (Å²) >= 11 is 1.65. The number of cyclic esters (lactones) is 1. The quantitative estimate of drug-likeness (QED) is 0.368. The predicted molar refractivity (Wildman–Crippen MR) is 140 cm³/mol. The summed E-state index contributed by atoms with van der Waals surface area (Å²) in [5, 5.41) is 16.2. The summed E-state index contributed by atoms with van der Waals surface area (Å²) in [7, 11) is 4.06. The first-order chi connectivity index (χ1) is 16.4. The van der Waals surface area contributed by atoms with E-state index < -0.39 is 17.4 Å². The van der Waals surface area contributed by atoms with Gasteiger partial charge in [-0.2, -0.15) is 5.10 Å². The van der Waals surface area contributed by atoms with Crippen LogP contribution < -0.4 is 0 Å². The number of rotatable bonds is 3. The lowest BCUT2D eigenvalue weighted by Gasteiger charge is -2.29. The molecule has 2 aliphatic rings. The van der Waals surface area contributed by atoms with Gasteiger partial charge in [-0.1, -0.05) is 33.6 Å². The number of nitrogens with zero attached hydrogens (tertiary/aromatic N) is 3. The average Bonchev–Trinajstić information content (AvgIpc) is 3.25. The summed E-state index contributed by atoms with van der Waals surface area (Å²) in [5.41, 5.74) is 1.15. The second-order valence-electron chi connectivity index (χ2n) is 11.0. The number of esters is 1. The number of aromatic nitrogens is 2. The minimum absolute atomic E-state index is 0.0132. The molecule has 1 aromatic heterocycles. The molecule has 0 amide bonds. The lowest BCUT2D eigenvalue weighted by molar-refractivity contribution is -0.148. The van der Waals surface area contributed by atoms with Crippen molar-refractivity contribution in [2.75, 3.05) is 13.3 Å². The number of aliphatic hydroxyl groups is 1. The molecule has 0 saturated carbocycles. The molecule has 0 bridgehead atoms. The van der Waals surface area contributed by atoms with E-state index in [1.807, 2.05) is 57.8 Å². The van der Waals surface area contributed by atoms with Crippen LogP contribution in [0.2, 0.25) is 0 Å². The number of aryl methyl sites for hydroxylation is 1. The van der Waals surface area contributed by atoms with Crippen LogP contribution in [0.1, 0.15) is 78.3 Å². The van der Waals surface area contributed by atoms with Crippen LogP contribution in [0.5, 0.6) is 0 Å². The summed E-state index contributed by atoms with van der Waals surface area (Å²) in [6, 6.07) is 2.88. The highest BCUT2D eigenvalue weighted by Gasteiger charge is 2.45. The monoisotopic (exact) mass is 505 g/mol. The van der Waals surface area contributed by atoms with Crippen molar-refractivity contribution in [3.05, 3.63) is 17.3 Å². The van der Waals surface area contributed by atoms with Crippen molar-refractivity contribution >= 4 is 29.6 Å². The van der Waals surface area contributed by atoms with Crippen molar-refractivity contribution < 1.29 is 19.4 Å². The minimum Gasteiger partial charge on any atom is -0.458 e. The van der Waals surface area contributed by atoms with E-state index in [-0.39, 0.29) is 24.3 Å². The largest absolute Gasteiger partial charge is 0.458 e. The first kappa shape index (κ1) is 27.9. The van der Waals surface area contributed by atoms with Gasteiger partial charge in [-0.15, -0.1) is 11.8 Å². The molecule has 3 heterocycles. The van der Waals surface area contributed by atoms with E-state index in [0.717, 1.165) is 42.0 Å². The van der Waals surface area contributed by atoms with Gasteiger partial charge in [0.15, 0.2) is 0 Å². The number of ketones is 1. The normalized spacial score (nSPS) is 33.2. The highest BCUT2D eigenvalue weighted by atomic mass is 32.2. The molecular formula is C27H43N3O4S. The van der Waals surface area contributed by atoms with Crippen molar-refractivity contribution in [1.82, 2.24) is 14.7 Å². The molecule has 1 N–H and O–H groups in total. The third kappa shape index (κ3) is 6.98. The Bertz CT molecular complexity index is 941. The van der Waals surface area contributed by atoms with Crippen LogP contribution in [-0.2, 0) is 21.4 Å². The summed E-state index contributed by atoms with van der Waals surface area (Å²) in [4.78, 5) is 28.4. The number of fused-ring (bicyclic) bond motifs is 1. The maximum absolute atomic E-state index is 13.1. The average molecular weight is 506 g/mol. The number of hydrogen-bond donors (Lipinski definition) is 1. The summed E-state index contributed by atoms with van der Waals surface area (Å²) in [6.07, 6.45) is 8.01. The van der Waals surface area contributed by atoms with Gasteiger partial charge in [-0.05, 0) is 57.2 Å². The standard InChI is InChI=1S/C27H43N3O4S/c1-17(14-19-15-24(35-7)30(6)28-19)23-16-21-20(29(21)5)10-8-9-11-22(31)18(2)26(33)27(3,4)13-12-25(32)34-23/h14-15,18,20-23,31H,8-13,16H2,1-7H3/b17-14+/t18-,20?,21?,22?,23?,29?/m1/s1. The number of hydrogen-bond acceptors (Lipinski definition) is 7. The van der Waals surface area contributed by atoms with Crippen LogP contribution in [0.4, 0.5) is 0 Å². The molecule has 2 fully saturated rings. The Morgan fingerprint density at radius 3 is 2.57 bits per heavy atom. The molecule has 2 aliphatic heterocycles. The molecule has 6 atom stereocenters. The van der Waals surface area contributed by atoms with Gasteiger partial charge in [0, 0.05) is 43.3 Å². The third-order valence-corrected chi connectivity index (χ3v) is 8.74. The lowest BCUT2D eigenvalue weighted by atomic mass is 9.76. The maximum Gasteiger partial charge on any atom is 0.306 e. The Hall–Kier alpha value is -1.64. The van der Waals surface area contributed by atoms with Crippen LogP contribution in [0.15, 0.2) is 16.7 Å². The first-order valence-corrected chi connectivity index (χ1v) is 14.1. The van der Waals surface area contributed by atoms with Gasteiger partial charge in [0.2, 0.25) is 0 Å². The van der Waals surface area contributed by atoms with Gasteiger partial charge >= 0.3 is 5.97 Å². The van der Waals surface area contributed by atoms with E-state index in [2.05, 4.69) is 17.0 Å². The van der Waals surface area contributed by atoms with E-state index in [1.54, 1.807) is 11.8 Å². The Kier molecular flexibility index (Phi) is 9.27. The molecular weight excluding hydrogens is 462 g/mol. The Labute approximate surface area is 214 Å². The Morgan fingerprint density at radius 2 is 1.91 bits per heavy atom. The molecule has 0 aromatic carbocycles. The van der Waals surface area contributed by atoms with Gasteiger partial charge in [0.25, 0.3) is 0 Å². The third-order valence-electron chi connectivity index (χ3n) is 7.94. The molecule has 3 rings (SSSR count). The zero-order chi connectivity index (χ0) is 25.9. The number of ether oxygens (including phenoxy) is 1. The zero-order valence-corrected chi connectivity index (χ0v) is 23.2.